The maximum atomic E-state index is 13.4. The molecule has 1 atom stereocenters. The summed E-state index contributed by atoms with van der Waals surface area (Å²) in [6, 6.07) is 10.5. The summed E-state index contributed by atoms with van der Waals surface area (Å²) in [7, 11) is 1.87. The number of carboxylic acid groups (broad SMARTS) is 1. The molecule has 0 aliphatic carbocycles. The summed E-state index contributed by atoms with van der Waals surface area (Å²) >= 11 is 7.27. The number of hydrogen-bond donors (Lipinski definition) is 2. The molecular weight excluding hydrogens is 512 g/mol. The van der Waals surface area contributed by atoms with Gasteiger partial charge in [0, 0.05) is 40.4 Å². The highest BCUT2D eigenvalue weighted by Gasteiger charge is 2.24. The van der Waals surface area contributed by atoms with Crippen LogP contribution in [0.2, 0.25) is 5.15 Å². The molecule has 0 radical (unpaired) electrons. The third-order valence-electron chi connectivity index (χ3n) is 6.23. The van der Waals surface area contributed by atoms with E-state index in [4.69, 9.17) is 16.0 Å². The molecule has 4 heterocycles. The number of anilines is 1. The van der Waals surface area contributed by atoms with Crippen molar-refractivity contribution < 1.29 is 14.3 Å². The number of benzene rings is 1. The molecule has 4 aromatic heterocycles. The van der Waals surface area contributed by atoms with Crippen molar-refractivity contribution >= 4 is 44.9 Å². The summed E-state index contributed by atoms with van der Waals surface area (Å²) in [5, 5.41) is 17.1. The third-order valence-corrected chi connectivity index (χ3v) is 7.54. The van der Waals surface area contributed by atoms with Gasteiger partial charge in [-0.3, -0.25) is 9.48 Å². The number of aryl methyl sites for hydroxylation is 2. The Morgan fingerprint density at radius 3 is 2.49 bits per heavy atom. The highest BCUT2D eigenvalue weighted by molar-refractivity contribution is 7.19. The number of rotatable bonds is 6. The fraction of sp³-hybridized carbons (Fsp3) is 0.185. The van der Waals surface area contributed by atoms with Gasteiger partial charge < -0.3 is 14.8 Å². The van der Waals surface area contributed by atoms with Crippen molar-refractivity contribution in [2.45, 2.75) is 26.8 Å². The molecule has 8 nitrogen and oxygen atoms in total. The zero-order valence-electron chi connectivity index (χ0n) is 20.5. The van der Waals surface area contributed by atoms with Gasteiger partial charge in [-0.25, -0.2) is 9.78 Å². The lowest BCUT2D eigenvalue weighted by Gasteiger charge is -2.17. The first-order chi connectivity index (χ1) is 17.6. The van der Waals surface area contributed by atoms with E-state index < -0.39 is 5.97 Å². The number of thiophene rings is 1. The van der Waals surface area contributed by atoms with E-state index in [0.29, 0.717) is 27.3 Å². The van der Waals surface area contributed by atoms with Crippen molar-refractivity contribution in [3.05, 3.63) is 85.9 Å². The number of nitrogens with one attached hydrogen (secondary N) is 1. The van der Waals surface area contributed by atoms with Crippen LogP contribution in [-0.2, 0) is 7.05 Å². The SMILES string of the molecule is Cc1sc2c(=O)c(C)c(-c3ccc(-c4cnn(C)c4)cc3)oc2c1C(C)Nc1ccc(Cl)nc1C(=O)O. The van der Waals surface area contributed by atoms with Gasteiger partial charge in [0.05, 0.1) is 17.9 Å². The first-order valence-corrected chi connectivity index (χ1v) is 12.7. The maximum absolute atomic E-state index is 13.4. The second-order valence-electron chi connectivity index (χ2n) is 8.80. The zero-order valence-corrected chi connectivity index (χ0v) is 22.1. The molecule has 37 heavy (non-hydrogen) atoms. The summed E-state index contributed by atoms with van der Waals surface area (Å²) in [5.74, 6) is -0.691. The number of carboxylic acids is 1. The molecule has 188 valence electrons. The first kappa shape index (κ1) is 24.7. The number of halogens is 1. The van der Waals surface area contributed by atoms with Gasteiger partial charge in [-0.1, -0.05) is 35.9 Å². The molecule has 0 saturated carbocycles. The van der Waals surface area contributed by atoms with Gasteiger partial charge >= 0.3 is 5.97 Å². The predicted molar refractivity (Wildman–Crippen MR) is 146 cm³/mol. The number of nitrogens with zero attached hydrogens (tertiary/aromatic N) is 3. The number of carbonyl (C=O) groups is 1. The van der Waals surface area contributed by atoms with E-state index in [1.54, 1.807) is 23.9 Å². The van der Waals surface area contributed by atoms with E-state index in [-0.39, 0.29) is 22.3 Å². The van der Waals surface area contributed by atoms with E-state index in [2.05, 4.69) is 15.4 Å². The van der Waals surface area contributed by atoms with Crippen LogP contribution < -0.4 is 10.7 Å². The van der Waals surface area contributed by atoms with Crippen LogP contribution in [0.1, 0.15) is 39.5 Å². The average molecular weight is 535 g/mol. The summed E-state index contributed by atoms with van der Waals surface area (Å²) in [4.78, 5) is 29.9. The molecule has 1 aromatic carbocycles. The molecule has 0 saturated heterocycles. The minimum Gasteiger partial charge on any atom is -0.476 e. The fourth-order valence-electron chi connectivity index (χ4n) is 4.42. The Kier molecular flexibility index (Phi) is 6.35. The fourth-order valence-corrected chi connectivity index (χ4v) is 5.74. The Labute approximate surface area is 221 Å². The molecule has 0 aliphatic rings. The zero-order chi connectivity index (χ0) is 26.4. The van der Waals surface area contributed by atoms with Crippen LogP contribution in [0.15, 0.2) is 58.0 Å². The molecule has 1 unspecified atom stereocenters. The van der Waals surface area contributed by atoms with Crippen LogP contribution in [-0.4, -0.2) is 25.8 Å². The Hall–Kier alpha value is -3.95. The molecule has 0 fully saturated rings. The standard InChI is InChI=1S/C27H23ClN4O4S/c1-13-23(33)26-25(36-24(13)17-7-5-16(6-8-17)18-11-29-32(4)12-18)21(15(3)37-26)14(2)30-19-9-10-20(28)31-22(19)27(34)35/h5-12,14,30H,1-4H3,(H,34,35). The molecule has 10 heteroatoms. The molecule has 5 rings (SSSR count). The van der Waals surface area contributed by atoms with Crippen LogP contribution in [0.5, 0.6) is 0 Å². The lowest BCUT2D eigenvalue weighted by molar-refractivity contribution is 0.0691. The Bertz CT molecular complexity index is 1720. The minimum atomic E-state index is -1.19. The Morgan fingerprint density at radius 2 is 1.84 bits per heavy atom. The van der Waals surface area contributed by atoms with Crippen LogP contribution in [0.4, 0.5) is 5.69 Å². The van der Waals surface area contributed by atoms with Crippen molar-refractivity contribution in [3.8, 4) is 22.5 Å². The van der Waals surface area contributed by atoms with E-state index in [1.807, 2.05) is 51.4 Å². The van der Waals surface area contributed by atoms with Gasteiger partial charge in [0.15, 0.2) is 11.3 Å². The monoisotopic (exact) mass is 534 g/mol. The predicted octanol–water partition coefficient (Wildman–Crippen LogP) is 6.46. The van der Waals surface area contributed by atoms with Gasteiger partial charge in [-0.05, 0) is 38.5 Å². The lowest BCUT2D eigenvalue weighted by Crippen LogP contribution is -2.13. The van der Waals surface area contributed by atoms with Crippen LogP contribution >= 0.6 is 22.9 Å². The highest BCUT2D eigenvalue weighted by Crippen LogP contribution is 2.38. The normalized spacial score (nSPS) is 12.1. The molecule has 2 N–H and O–H groups in total. The van der Waals surface area contributed by atoms with Gasteiger partial charge in [0.1, 0.15) is 15.6 Å². The van der Waals surface area contributed by atoms with E-state index >= 15 is 0 Å². The number of fused-ring (bicyclic) bond motifs is 1. The third kappa shape index (κ3) is 4.52. The van der Waals surface area contributed by atoms with E-state index in [0.717, 1.165) is 27.1 Å². The summed E-state index contributed by atoms with van der Waals surface area (Å²) in [6.07, 6.45) is 3.74. The first-order valence-electron chi connectivity index (χ1n) is 11.5. The average Bonchev–Trinajstić information content (AvgIpc) is 3.45. The van der Waals surface area contributed by atoms with Crippen LogP contribution in [0.3, 0.4) is 0 Å². The number of aromatic carboxylic acids is 1. The second-order valence-corrected chi connectivity index (χ2v) is 10.4. The number of pyridine rings is 1. The maximum Gasteiger partial charge on any atom is 0.356 e. The van der Waals surface area contributed by atoms with E-state index in [9.17, 15) is 14.7 Å². The lowest BCUT2D eigenvalue weighted by atomic mass is 10.0. The Balaban J connectivity index is 1.57. The molecule has 0 aliphatic heterocycles. The molecule has 0 spiro atoms. The molecule has 0 bridgehead atoms. The van der Waals surface area contributed by atoms with Crippen molar-refractivity contribution in [1.29, 1.82) is 0 Å². The van der Waals surface area contributed by atoms with E-state index in [1.165, 1.54) is 17.4 Å². The van der Waals surface area contributed by atoms with Crippen LogP contribution in [0, 0.1) is 13.8 Å². The summed E-state index contributed by atoms with van der Waals surface area (Å²) in [5.41, 5.74) is 4.66. The minimum absolute atomic E-state index is 0.0847. The van der Waals surface area contributed by atoms with Crippen molar-refractivity contribution in [2.75, 3.05) is 5.32 Å². The van der Waals surface area contributed by atoms with Gasteiger partial charge in [0.2, 0.25) is 5.43 Å². The largest absolute Gasteiger partial charge is 0.476 e. The van der Waals surface area contributed by atoms with Gasteiger partial charge in [0.25, 0.3) is 0 Å². The smallest absolute Gasteiger partial charge is 0.356 e. The van der Waals surface area contributed by atoms with Crippen molar-refractivity contribution in [3.63, 3.8) is 0 Å². The summed E-state index contributed by atoms with van der Waals surface area (Å²) < 4.78 is 8.69. The molecular formula is C27H23ClN4O4S. The topological polar surface area (TPSA) is 110 Å². The molecule has 5 aromatic rings. The van der Waals surface area contributed by atoms with Crippen molar-refractivity contribution in [1.82, 2.24) is 14.8 Å². The van der Waals surface area contributed by atoms with Gasteiger partial charge in [-0.15, -0.1) is 11.3 Å². The molecule has 0 amide bonds. The highest BCUT2D eigenvalue weighted by atomic mass is 35.5. The second kappa shape index (κ2) is 9.49. The Morgan fingerprint density at radius 1 is 1.14 bits per heavy atom. The summed E-state index contributed by atoms with van der Waals surface area (Å²) in [6.45, 7) is 5.57. The van der Waals surface area contributed by atoms with Crippen LogP contribution in [0.25, 0.3) is 32.7 Å². The van der Waals surface area contributed by atoms with Crippen molar-refractivity contribution in [2.24, 2.45) is 7.05 Å². The number of hydrogen-bond acceptors (Lipinski definition) is 7. The quantitative estimate of drug-likeness (QED) is 0.240. The van der Waals surface area contributed by atoms with Gasteiger partial charge in [-0.2, -0.15) is 5.10 Å². The number of aromatic nitrogens is 3.